The number of hydrogen-bond acceptors (Lipinski definition) is 5. The van der Waals surface area contributed by atoms with Crippen molar-refractivity contribution in [3.05, 3.63) is 45.8 Å². The highest BCUT2D eigenvalue weighted by molar-refractivity contribution is 6.30. The standard InChI is InChI=1S/C16H16ClNO4/c1-9-14(10(2)22-18-9)8-21-16(19)12-5-11-6-13(17)3-4-15(11)20-7-12/h3-4,6,12H,5,7-8H2,1-2H3. The lowest BCUT2D eigenvalue weighted by Crippen LogP contribution is -2.29. The van der Waals surface area contributed by atoms with Crippen molar-refractivity contribution in [3.63, 3.8) is 0 Å². The van der Waals surface area contributed by atoms with E-state index in [0.29, 0.717) is 23.8 Å². The molecule has 0 amide bonds. The Kier molecular flexibility index (Phi) is 4.07. The molecule has 3 rings (SSSR count). The molecule has 0 bridgehead atoms. The molecule has 2 heterocycles. The molecule has 0 saturated heterocycles. The maximum absolute atomic E-state index is 12.2. The Bertz CT molecular complexity index is 691. The number of halogens is 1. The van der Waals surface area contributed by atoms with Crippen molar-refractivity contribution >= 4 is 17.6 Å². The van der Waals surface area contributed by atoms with E-state index in [1.165, 1.54) is 0 Å². The number of benzene rings is 1. The molecule has 0 fully saturated rings. The van der Waals surface area contributed by atoms with Gasteiger partial charge in [0.25, 0.3) is 0 Å². The molecule has 0 N–H and O–H groups in total. The van der Waals surface area contributed by atoms with E-state index in [-0.39, 0.29) is 18.5 Å². The number of nitrogens with zero attached hydrogens (tertiary/aromatic N) is 1. The van der Waals surface area contributed by atoms with Crippen molar-refractivity contribution in [1.29, 1.82) is 0 Å². The number of aryl methyl sites for hydroxylation is 2. The fraction of sp³-hybridized carbons (Fsp3) is 0.375. The topological polar surface area (TPSA) is 61.6 Å². The summed E-state index contributed by atoms with van der Waals surface area (Å²) in [5, 5.41) is 4.47. The molecule has 5 nitrogen and oxygen atoms in total. The number of esters is 1. The molecule has 2 aromatic rings. The molecule has 6 heteroatoms. The molecule has 1 aromatic heterocycles. The number of carbonyl (C=O) groups excluding carboxylic acids is 1. The van der Waals surface area contributed by atoms with Crippen molar-refractivity contribution in [2.75, 3.05) is 6.61 Å². The third kappa shape index (κ3) is 2.95. The summed E-state index contributed by atoms with van der Waals surface area (Å²) in [7, 11) is 0. The van der Waals surface area contributed by atoms with Gasteiger partial charge in [-0.2, -0.15) is 0 Å². The van der Waals surface area contributed by atoms with Crippen LogP contribution in [0.2, 0.25) is 5.02 Å². The van der Waals surface area contributed by atoms with Crippen LogP contribution in [0.4, 0.5) is 0 Å². The second-order valence-corrected chi connectivity index (χ2v) is 5.81. The van der Waals surface area contributed by atoms with Crippen molar-refractivity contribution < 1.29 is 18.8 Å². The zero-order chi connectivity index (χ0) is 15.7. The lowest BCUT2D eigenvalue weighted by Gasteiger charge is -2.24. The number of fused-ring (bicyclic) bond motifs is 1. The maximum atomic E-state index is 12.2. The Hall–Kier alpha value is -2.01. The average molecular weight is 322 g/mol. The summed E-state index contributed by atoms with van der Waals surface area (Å²) in [6.07, 6.45) is 0.566. The minimum absolute atomic E-state index is 0.166. The molecule has 0 spiro atoms. The Morgan fingerprint density at radius 2 is 2.27 bits per heavy atom. The first-order valence-electron chi connectivity index (χ1n) is 7.04. The number of aromatic nitrogens is 1. The van der Waals surface area contributed by atoms with E-state index in [9.17, 15) is 4.79 Å². The lowest BCUT2D eigenvalue weighted by atomic mass is 9.97. The molecule has 1 aromatic carbocycles. The minimum Gasteiger partial charge on any atom is -0.492 e. The maximum Gasteiger partial charge on any atom is 0.313 e. The van der Waals surface area contributed by atoms with Crippen LogP contribution in [0.15, 0.2) is 22.7 Å². The van der Waals surface area contributed by atoms with E-state index in [0.717, 1.165) is 22.6 Å². The van der Waals surface area contributed by atoms with Gasteiger partial charge in [-0.3, -0.25) is 4.79 Å². The quantitative estimate of drug-likeness (QED) is 0.812. The Morgan fingerprint density at radius 3 is 3.00 bits per heavy atom. The van der Waals surface area contributed by atoms with Crippen molar-refractivity contribution in [2.24, 2.45) is 5.92 Å². The van der Waals surface area contributed by atoms with Crippen LogP contribution in [0.1, 0.15) is 22.6 Å². The number of hydrogen-bond donors (Lipinski definition) is 0. The summed E-state index contributed by atoms with van der Waals surface area (Å²) in [5.41, 5.74) is 2.48. The third-order valence-corrected chi connectivity index (χ3v) is 4.04. The van der Waals surface area contributed by atoms with Crippen molar-refractivity contribution in [1.82, 2.24) is 5.16 Å². The fourth-order valence-corrected chi connectivity index (χ4v) is 2.68. The molecule has 0 radical (unpaired) electrons. The van der Waals surface area contributed by atoms with Crippen LogP contribution in [0.3, 0.4) is 0 Å². The zero-order valence-electron chi connectivity index (χ0n) is 12.4. The summed E-state index contributed by atoms with van der Waals surface area (Å²) in [6, 6.07) is 5.42. The first kappa shape index (κ1) is 14.9. The molecular weight excluding hydrogens is 306 g/mol. The molecule has 0 aliphatic carbocycles. The smallest absolute Gasteiger partial charge is 0.313 e. The predicted octanol–water partition coefficient (Wildman–Crippen LogP) is 3.24. The van der Waals surface area contributed by atoms with E-state index in [1.807, 2.05) is 19.1 Å². The van der Waals surface area contributed by atoms with Gasteiger partial charge in [-0.25, -0.2) is 0 Å². The second-order valence-electron chi connectivity index (χ2n) is 5.37. The monoisotopic (exact) mass is 321 g/mol. The van der Waals surface area contributed by atoms with Gasteiger partial charge in [0.15, 0.2) is 0 Å². The van der Waals surface area contributed by atoms with Gasteiger partial charge in [0.2, 0.25) is 0 Å². The molecule has 1 aliphatic rings. The number of carbonyl (C=O) groups is 1. The van der Waals surface area contributed by atoms with Gasteiger partial charge < -0.3 is 14.0 Å². The van der Waals surface area contributed by atoms with E-state index in [4.69, 9.17) is 25.6 Å². The molecule has 0 saturated carbocycles. The summed E-state index contributed by atoms with van der Waals surface area (Å²) < 4.78 is 16.0. The number of rotatable bonds is 3. The highest BCUT2D eigenvalue weighted by atomic mass is 35.5. The van der Waals surface area contributed by atoms with Gasteiger partial charge in [0, 0.05) is 5.02 Å². The molecule has 1 unspecified atom stereocenters. The van der Waals surface area contributed by atoms with Crippen LogP contribution in [0.5, 0.6) is 5.75 Å². The van der Waals surface area contributed by atoms with Crippen molar-refractivity contribution in [2.45, 2.75) is 26.9 Å². The van der Waals surface area contributed by atoms with E-state index in [1.54, 1.807) is 13.0 Å². The van der Waals surface area contributed by atoms with E-state index >= 15 is 0 Å². The fourth-order valence-electron chi connectivity index (χ4n) is 2.48. The molecular formula is C16H16ClNO4. The predicted molar refractivity (Wildman–Crippen MR) is 79.9 cm³/mol. The molecule has 1 aliphatic heterocycles. The van der Waals surface area contributed by atoms with Crippen LogP contribution in [-0.4, -0.2) is 17.7 Å². The van der Waals surface area contributed by atoms with Gasteiger partial charge in [-0.1, -0.05) is 16.8 Å². The van der Waals surface area contributed by atoms with Gasteiger partial charge in [-0.15, -0.1) is 0 Å². The number of ether oxygens (including phenoxy) is 2. The van der Waals surface area contributed by atoms with Crippen LogP contribution in [0, 0.1) is 19.8 Å². The summed E-state index contributed by atoms with van der Waals surface area (Å²) >= 11 is 5.98. The lowest BCUT2D eigenvalue weighted by molar-refractivity contribution is -0.151. The largest absolute Gasteiger partial charge is 0.492 e. The highest BCUT2D eigenvalue weighted by Gasteiger charge is 2.28. The zero-order valence-corrected chi connectivity index (χ0v) is 13.1. The first-order valence-corrected chi connectivity index (χ1v) is 7.42. The highest BCUT2D eigenvalue weighted by Crippen LogP contribution is 2.30. The van der Waals surface area contributed by atoms with Crippen LogP contribution in [-0.2, 0) is 22.6 Å². The first-order chi connectivity index (χ1) is 10.5. The second kappa shape index (κ2) is 6.01. The molecule has 1 atom stereocenters. The van der Waals surface area contributed by atoms with Crippen LogP contribution >= 0.6 is 11.6 Å². The van der Waals surface area contributed by atoms with Crippen LogP contribution in [0.25, 0.3) is 0 Å². The normalized spacial score (nSPS) is 16.8. The van der Waals surface area contributed by atoms with E-state index < -0.39 is 0 Å². The molecule has 22 heavy (non-hydrogen) atoms. The Balaban J connectivity index is 1.64. The van der Waals surface area contributed by atoms with Gasteiger partial charge in [-0.05, 0) is 44.0 Å². The van der Waals surface area contributed by atoms with Crippen molar-refractivity contribution in [3.8, 4) is 5.75 Å². The molecule has 116 valence electrons. The minimum atomic E-state index is -0.327. The van der Waals surface area contributed by atoms with Gasteiger partial charge in [0.1, 0.15) is 24.7 Å². The summed E-state index contributed by atoms with van der Waals surface area (Å²) in [4.78, 5) is 12.2. The van der Waals surface area contributed by atoms with Crippen LogP contribution < -0.4 is 4.74 Å². The third-order valence-electron chi connectivity index (χ3n) is 3.80. The average Bonchev–Trinajstić information content (AvgIpc) is 2.83. The summed E-state index contributed by atoms with van der Waals surface area (Å²) in [5.74, 6) is 0.832. The SMILES string of the molecule is Cc1noc(C)c1COC(=O)C1COc2ccc(Cl)cc2C1. The Labute approximate surface area is 133 Å². The Morgan fingerprint density at radius 1 is 1.45 bits per heavy atom. The van der Waals surface area contributed by atoms with Gasteiger partial charge >= 0.3 is 5.97 Å². The summed E-state index contributed by atoms with van der Waals surface area (Å²) in [6.45, 7) is 4.10. The van der Waals surface area contributed by atoms with E-state index in [2.05, 4.69) is 5.16 Å². The van der Waals surface area contributed by atoms with Gasteiger partial charge in [0.05, 0.1) is 17.2 Å².